The van der Waals surface area contributed by atoms with Gasteiger partial charge in [-0.2, -0.15) is 0 Å². The third kappa shape index (κ3) is 1.52. The largest absolute Gasteiger partial charge is 0.482 e. The maximum atomic E-state index is 6.03. The summed E-state index contributed by atoms with van der Waals surface area (Å²) in [4.78, 5) is 5.55. The first-order chi connectivity index (χ1) is 7.97. The summed E-state index contributed by atoms with van der Waals surface area (Å²) in [6, 6.07) is 6.16. The molecule has 0 unspecified atom stereocenters. The van der Waals surface area contributed by atoms with Gasteiger partial charge in [0.1, 0.15) is 11.4 Å². The molecule has 88 valence electrons. The van der Waals surface area contributed by atoms with Crippen LogP contribution in [0.3, 0.4) is 0 Å². The van der Waals surface area contributed by atoms with E-state index in [2.05, 4.69) is 24.0 Å². The second-order valence-electron chi connectivity index (χ2n) is 4.84. The molecule has 1 aliphatic heterocycles. The number of thiazole rings is 1. The van der Waals surface area contributed by atoms with E-state index in [-0.39, 0.29) is 5.60 Å². The average Bonchev–Trinajstić information content (AvgIpc) is 2.63. The van der Waals surface area contributed by atoms with Crippen LogP contribution in [0.2, 0.25) is 0 Å². The van der Waals surface area contributed by atoms with Crippen molar-refractivity contribution in [2.45, 2.75) is 26.4 Å². The maximum absolute atomic E-state index is 6.03. The number of fused-ring (bicyclic) bond motifs is 3. The molecule has 0 radical (unpaired) electrons. The summed E-state index contributed by atoms with van der Waals surface area (Å²) in [5.41, 5.74) is 8.69. The number of nitrogen functional groups attached to an aromatic ring is 1. The van der Waals surface area contributed by atoms with Crippen molar-refractivity contribution in [3.05, 3.63) is 28.6 Å². The Morgan fingerprint density at radius 2 is 2.12 bits per heavy atom. The van der Waals surface area contributed by atoms with Gasteiger partial charge in [-0.05, 0) is 32.9 Å². The predicted octanol–water partition coefficient (Wildman–Crippen LogP) is 3.33. The van der Waals surface area contributed by atoms with Crippen LogP contribution < -0.4 is 10.5 Å². The average molecular weight is 246 g/mol. The van der Waals surface area contributed by atoms with Gasteiger partial charge in [-0.1, -0.05) is 23.0 Å². The van der Waals surface area contributed by atoms with Crippen molar-refractivity contribution in [2.75, 3.05) is 5.73 Å². The molecule has 17 heavy (non-hydrogen) atoms. The van der Waals surface area contributed by atoms with E-state index >= 15 is 0 Å². The molecule has 1 aromatic carbocycles. The second-order valence-corrected chi connectivity index (χ2v) is 5.87. The Morgan fingerprint density at radius 3 is 2.88 bits per heavy atom. The Labute approximate surface area is 104 Å². The first-order valence-electron chi connectivity index (χ1n) is 5.54. The summed E-state index contributed by atoms with van der Waals surface area (Å²) in [5.74, 6) is 0.887. The van der Waals surface area contributed by atoms with E-state index in [4.69, 9.17) is 10.5 Å². The van der Waals surface area contributed by atoms with Gasteiger partial charge < -0.3 is 10.5 Å². The molecule has 0 spiro atoms. The summed E-state index contributed by atoms with van der Waals surface area (Å²) in [5, 5.41) is 0.598. The molecule has 0 bridgehead atoms. The summed E-state index contributed by atoms with van der Waals surface area (Å²) in [6.45, 7) is 6.16. The normalized spacial score (nSPS) is 15.9. The van der Waals surface area contributed by atoms with Crippen molar-refractivity contribution in [1.29, 1.82) is 0 Å². The van der Waals surface area contributed by atoms with Gasteiger partial charge in [-0.3, -0.25) is 0 Å². The fourth-order valence-electron chi connectivity index (χ4n) is 2.17. The van der Waals surface area contributed by atoms with Crippen LogP contribution in [-0.4, -0.2) is 4.98 Å². The summed E-state index contributed by atoms with van der Waals surface area (Å²) >= 11 is 1.51. The summed E-state index contributed by atoms with van der Waals surface area (Å²) < 4.78 is 6.03. The molecular weight excluding hydrogens is 232 g/mol. The van der Waals surface area contributed by atoms with Gasteiger partial charge in [0.2, 0.25) is 0 Å². The van der Waals surface area contributed by atoms with Crippen LogP contribution in [-0.2, 0) is 5.60 Å². The zero-order valence-corrected chi connectivity index (χ0v) is 10.9. The number of ether oxygens (including phenoxy) is 1. The molecule has 0 saturated heterocycles. The molecule has 0 fully saturated rings. The van der Waals surface area contributed by atoms with Crippen molar-refractivity contribution >= 4 is 16.5 Å². The molecule has 2 heterocycles. The quantitative estimate of drug-likeness (QED) is 0.775. The Hall–Kier alpha value is -1.55. The number of anilines is 1. The van der Waals surface area contributed by atoms with E-state index in [9.17, 15) is 0 Å². The third-order valence-electron chi connectivity index (χ3n) is 2.95. The summed E-state index contributed by atoms with van der Waals surface area (Å²) in [7, 11) is 0. The van der Waals surface area contributed by atoms with Crippen LogP contribution in [0.1, 0.15) is 24.3 Å². The summed E-state index contributed by atoms with van der Waals surface area (Å²) in [6.07, 6.45) is 0. The lowest BCUT2D eigenvalue weighted by Crippen LogP contribution is -2.27. The molecule has 4 heteroatoms. The fraction of sp³-hybridized carbons (Fsp3) is 0.308. The predicted molar refractivity (Wildman–Crippen MR) is 70.4 cm³/mol. The third-order valence-corrected chi connectivity index (χ3v) is 4.14. The lowest BCUT2D eigenvalue weighted by molar-refractivity contribution is 0.109. The lowest BCUT2D eigenvalue weighted by Gasteiger charge is -2.31. The van der Waals surface area contributed by atoms with Crippen LogP contribution >= 0.6 is 11.3 Å². The lowest BCUT2D eigenvalue weighted by atomic mass is 9.96. The van der Waals surface area contributed by atoms with Gasteiger partial charge >= 0.3 is 0 Å². The number of aromatic nitrogens is 1. The Morgan fingerprint density at radius 1 is 1.35 bits per heavy atom. The SMILES string of the molecule is Cc1ccc2c(c1)-c1nc(N)sc1C(C)(C)O2. The topological polar surface area (TPSA) is 48.1 Å². The standard InChI is InChI=1S/C13H14N2OS/c1-7-4-5-9-8(6-7)10-11(13(2,3)16-9)17-12(14)15-10/h4-6H,1-3H3,(H2,14,15). The van der Waals surface area contributed by atoms with Crippen molar-refractivity contribution in [2.24, 2.45) is 0 Å². The van der Waals surface area contributed by atoms with E-state index in [1.165, 1.54) is 16.9 Å². The van der Waals surface area contributed by atoms with Gasteiger partial charge in [-0.25, -0.2) is 4.98 Å². The highest BCUT2D eigenvalue weighted by molar-refractivity contribution is 7.16. The number of benzene rings is 1. The van der Waals surface area contributed by atoms with E-state index < -0.39 is 0 Å². The van der Waals surface area contributed by atoms with Crippen molar-refractivity contribution in [3.8, 4) is 17.0 Å². The minimum Gasteiger partial charge on any atom is -0.482 e. The minimum absolute atomic E-state index is 0.354. The van der Waals surface area contributed by atoms with Crippen molar-refractivity contribution in [3.63, 3.8) is 0 Å². The number of rotatable bonds is 0. The van der Waals surface area contributed by atoms with E-state index in [1.54, 1.807) is 0 Å². The number of aryl methyl sites for hydroxylation is 1. The molecule has 0 atom stereocenters. The van der Waals surface area contributed by atoms with Crippen LogP contribution in [0.4, 0.5) is 5.13 Å². The Bertz CT molecular complexity index is 601. The highest BCUT2D eigenvalue weighted by Gasteiger charge is 2.35. The van der Waals surface area contributed by atoms with Gasteiger partial charge in [0.25, 0.3) is 0 Å². The molecule has 0 amide bonds. The number of nitrogens with two attached hydrogens (primary N) is 1. The van der Waals surface area contributed by atoms with Crippen LogP contribution in [0.15, 0.2) is 18.2 Å². The van der Waals surface area contributed by atoms with Gasteiger partial charge in [-0.15, -0.1) is 0 Å². The first kappa shape index (κ1) is 10.6. The molecular formula is C13H14N2OS. The molecule has 1 aromatic heterocycles. The smallest absolute Gasteiger partial charge is 0.180 e. The van der Waals surface area contributed by atoms with Gasteiger partial charge in [0.15, 0.2) is 5.13 Å². The minimum atomic E-state index is -0.354. The van der Waals surface area contributed by atoms with Crippen LogP contribution in [0, 0.1) is 6.92 Å². The number of hydrogen-bond acceptors (Lipinski definition) is 4. The Balaban J connectivity index is 2.32. The fourth-order valence-corrected chi connectivity index (χ4v) is 3.05. The van der Waals surface area contributed by atoms with Crippen LogP contribution in [0.5, 0.6) is 5.75 Å². The van der Waals surface area contributed by atoms with Crippen molar-refractivity contribution in [1.82, 2.24) is 4.98 Å². The number of nitrogens with zero attached hydrogens (tertiary/aromatic N) is 1. The second kappa shape index (κ2) is 3.23. The highest BCUT2D eigenvalue weighted by Crippen LogP contribution is 2.47. The Kier molecular flexibility index (Phi) is 2.01. The van der Waals surface area contributed by atoms with Crippen molar-refractivity contribution < 1.29 is 4.74 Å². The van der Waals surface area contributed by atoms with E-state index in [1.807, 2.05) is 19.9 Å². The maximum Gasteiger partial charge on any atom is 0.180 e. The molecule has 2 aromatic rings. The van der Waals surface area contributed by atoms with Crippen LogP contribution in [0.25, 0.3) is 11.3 Å². The highest BCUT2D eigenvalue weighted by atomic mass is 32.1. The zero-order chi connectivity index (χ0) is 12.2. The monoisotopic (exact) mass is 246 g/mol. The first-order valence-corrected chi connectivity index (χ1v) is 6.36. The molecule has 2 N–H and O–H groups in total. The van der Waals surface area contributed by atoms with Gasteiger partial charge in [0, 0.05) is 5.56 Å². The molecule has 0 aliphatic carbocycles. The molecule has 0 saturated carbocycles. The van der Waals surface area contributed by atoms with E-state index in [0.717, 1.165) is 21.9 Å². The molecule has 3 nitrogen and oxygen atoms in total. The van der Waals surface area contributed by atoms with Gasteiger partial charge in [0.05, 0.1) is 10.6 Å². The molecule has 3 rings (SSSR count). The van der Waals surface area contributed by atoms with E-state index in [0.29, 0.717) is 5.13 Å². The molecule has 1 aliphatic rings. The zero-order valence-electron chi connectivity index (χ0n) is 10.1. The number of hydrogen-bond donors (Lipinski definition) is 1.